The molecule has 0 aliphatic rings. The molecule has 0 unspecified atom stereocenters. The molecular formula is C18H38O3S. The van der Waals surface area contributed by atoms with Gasteiger partial charge in [0.05, 0.1) is 0 Å². The molecule has 22 heavy (non-hydrogen) atoms. The summed E-state index contributed by atoms with van der Waals surface area (Å²) in [5.74, 6) is 1.61. The van der Waals surface area contributed by atoms with Crippen molar-refractivity contribution >= 4 is 11.2 Å². The van der Waals surface area contributed by atoms with Crippen molar-refractivity contribution in [3.05, 3.63) is 0 Å². The summed E-state index contributed by atoms with van der Waals surface area (Å²) < 4.78 is 12.1. The van der Waals surface area contributed by atoms with E-state index < -0.39 is 11.2 Å². The highest BCUT2D eigenvalue weighted by Crippen LogP contribution is 2.29. The Morgan fingerprint density at radius 2 is 1.00 bits per heavy atom. The fourth-order valence-electron chi connectivity index (χ4n) is 2.89. The van der Waals surface area contributed by atoms with Gasteiger partial charge in [0.1, 0.15) is 11.5 Å². The van der Waals surface area contributed by atoms with Crippen molar-refractivity contribution in [3.8, 4) is 0 Å². The minimum Gasteiger partial charge on any atom is -0.616 e. The van der Waals surface area contributed by atoms with Crippen molar-refractivity contribution in [3.63, 3.8) is 0 Å². The number of aliphatic hydroxyl groups excluding tert-OH is 2. The van der Waals surface area contributed by atoms with Crippen LogP contribution in [0.3, 0.4) is 0 Å². The molecule has 0 spiro atoms. The van der Waals surface area contributed by atoms with Crippen LogP contribution in [0.15, 0.2) is 0 Å². The maximum absolute atomic E-state index is 12.1. The topological polar surface area (TPSA) is 63.5 Å². The molecule has 0 radical (unpaired) electrons. The Bertz CT molecular complexity index is 241. The van der Waals surface area contributed by atoms with Gasteiger partial charge in [-0.2, -0.15) is 0 Å². The van der Waals surface area contributed by atoms with Crippen molar-refractivity contribution in [1.82, 2.24) is 0 Å². The first-order valence-electron chi connectivity index (χ1n) is 8.79. The highest BCUT2D eigenvalue weighted by molar-refractivity contribution is 7.91. The SMILES string of the molecule is CC(C)(CCCO)CCC[S+]([O-])CCCC(C)(C)CCCO. The minimum atomic E-state index is -0.700. The molecule has 0 aliphatic heterocycles. The first kappa shape index (κ1) is 22.2. The van der Waals surface area contributed by atoms with E-state index in [-0.39, 0.29) is 24.0 Å². The van der Waals surface area contributed by atoms with E-state index in [4.69, 9.17) is 10.2 Å². The molecule has 2 N–H and O–H groups in total. The van der Waals surface area contributed by atoms with Crippen LogP contribution in [0.2, 0.25) is 0 Å². The standard InChI is InChI=1S/C18H38O3S/c1-17(2,9-5-13-19)11-7-15-22(21)16-8-12-18(3,4)10-6-14-20/h19-20H,5-16H2,1-4H3. The van der Waals surface area contributed by atoms with Crippen LogP contribution in [0.25, 0.3) is 0 Å². The van der Waals surface area contributed by atoms with Gasteiger partial charge in [-0.25, -0.2) is 0 Å². The summed E-state index contributed by atoms with van der Waals surface area (Å²) in [5.41, 5.74) is 0.498. The van der Waals surface area contributed by atoms with Crippen molar-refractivity contribution < 1.29 is 14.8 Å². The first-order valence-corrected chi connectivity index (χ1v) is 10.3. The predicted molar refractivity (Wildman–Crippen MR) is 96.5 cm³/mol. The van der Waals surface area contributed by atoms with Crippen LogP contribution in [0.5, 0.6) is 0 Å². The molecule has 0 rings (SSSR count). The third kappa shape index (κ3) is 12.7. The van der Waals surface area contributed by atoms with Gasteiger partial charge in [-0.05, 0) is 62.2 Å². The van der Waals surface area contributed by atoms with Crippen LogP contribution in [-0.4, -0.2) is 39.5 Å². The lowest BCUT2D eigenvalue weighted by Crippen LogP contribution is -2.18. The maximum Gasteiger partial charge on any atom is 0.105 e. The molecule has 0 saturated carbocycles. The van der Waals surface area contributed by atoms with Crippen LogP contribution in [0.4, 0.5) is 0 Å². The summed E-state index contributed by atoms with van der Waals surface area (Å²) in [6.07, 6.45) is 7.99. The summed E-state index contributed by atoms with van der Waals surface area (Å²) in [7, 11) is 0. The van der Waals surface area contributed by atoms with Gasteiger partial charge < -0.3 is 14.8 Å². The lowest BCUT2D eigenvalue weighted by atomic mass is 9.83. The van der Waals surface area contributed by atoms with Crippen LogP contribution >= 0.6 is 0 Å². The zero-order valence-electron chi connectivity index (χ0n) is 15.2. The van der Waals surface area contributed by atoms with Crippen molar-refractivity contribution in [2.24, 2.45) is 10.8 Å². The number of aliphatic hydroxyl groups is 2. The van der Waals surface area contributed by atoms with Crippen molar-refractivity contribution in [2.75, 3.05) is 24.7 Å². The largest absolute Gasteiger partial charge is 0.616 e. The maximum atomic E-state index is 12.1. The van der Waals surface area contributed by atoms with E-state index in [1.807, 2.05) is 0 Å². The highest BCUT2D eigenvalue weighted by Gasteiger charge is 2.20. The fraction of sp³-hybridized carbons (Fsp3) is 1.00. The second-order valence-electron chi connectivity index (χ2n) is 8.04. The second-order valence-corrected chi connectivity index (χ2v) is 9.73. The fourth-order valence-corrected chi connectivity index (χ4v) is 4.03. The molecule has 0 aromatic carbocycles. The molecule has 0 bridgehead atoms. The molecule has 0 saturated heterocycles. The molecule has 0 aliphatic carbocycles. The molecule has 0 amide bonds. The summed E-state index contributed by atoms with van der Waals surface area (Å²) >= 11 is -0.700. The Labute approximate surface area is 141 Å². The van der Waals surface area contributed by atoms with Gasteiger partial charge >= 0.3 is 0 Å². The molecule has 134 valence electrons. The minimum absolute atomic E-state index is 0.249. The molecule has 4 heteroatoms. The predicted octanol–water partition coefficient (Wildman–Crippen LogP) is 3.89. The van der Waals surface area contributed by atoms with Gasteiger partial charge in [0.25, 0.3) is 0 Å². The van der Waals surface area contributed by atoms with Crippen LogP contribution < -0.4 is 0 Å². The van der Waals surface area contributed by atoms with Crippen LogP contribution in [-0.2, 0) is 11.2 Å². The Balaban J connectivity index is 3.75. The Morgan fingerprint density at radius 3 is 1.32 bits per heavy atom. The second kappa shape index (κ2) is 11.7. The zero-order valence-corrected chi connectivity index (χ0v) is 16.0. The summed E-state index contributed by atoms with van der Waals surface area (Å²) in [6.45, 7) is 9.46. The lowest BCUT2D eigenvalue weighted by molar-refractivity contribution is 0.231. The van der Waals surface area contributed by atoms with E-state index in [1.165, 1.54) is 0 Å². The quantitative estimate of drug-likeness (QED) is 0.474. The third-order valence-electron chi connectivity index (χ3n) is 4.47. The van der Waals surface area contributed by atoms with Gasteiger partial charge in [-0.1, -0.05) is 38.9 Å². The molecule has 0 atom stereocenters. The normalized spacial score (nSPS) is 13.1. The molecular weight excluding hydrogens is 296 g/mol. The Kier molecular flexibility index (Phi) is 11.8. The van der Waals surface area contributed by atoms with E-state index in [2.05, 4.69) is 27.7 Å². The number of hydrogen-bond acceptors (Lipinski definition) is 3. The van der Waals surface area contributed by atoms with Crippen LogP contribution in [0, 0.1) is 10.8 Å². The number of rotatable bonds is 14. The van der Waals surface area contributed by atoms with Gasteiger partial charge in [-0.15, -0.1) is 0 Å². The average Bonchev–Trinajstić information content (AvgIpc) is 2.42. The Hall–Kier alpha value is 0.230. The average molecular weight is 335 g/mol. The van der Waals surface area contributed by atoms with E-state index >= 15 is 0 Å². The van der Waals surface area contributed by atoms with Crippen molar-refractivity contribution in [1.29, 1.82) is 0 Å². The van der Waals surface area contributed by atoms with Gasteiger partial charge in [0.2, 0.25) is 0 Å². The summed E-state index contributed by atoms with van der Waals surface area (Å²) in [5, 5.41) is 17.8. The summed E-state index contributed by atoms with van der Waals surface area (Å²) in [4.78, 5) is 0. The van der Waals surface area contributed by atoms with E-state index in [0.717, 1.165) is 62.9 Å². The van der Waals surface area contributed by atoms with E-state index in [9.17, 15) is 4.55 Å². The van der Waals surface area contributed by atoms with Crippen molar-refractivity contribution in [2.45, 2.75) is 79.1 Å². The third-order valence-corrected chi connectivity index (χ3v) is 5.96. The first-order chi connectivity index (χ1) is 10.2. The molecule has 0 fully saturated rings. The molecule has 0 heterocycles. The molecule has 0 aromatic rings. The van der Waals surface area contributed by atoms with Gasteiger partial charge in [0.15, 0.2) is 0 Å². The highest BCUT2D eigenvalue weighted by atomic mass is 32.2. The van der Waals surface area contributed by atoms with E-state index in [1.54, 1.807) is 0 Å². The summed E-state index contributed by atoms with van der Waals surface area (Å²) in [6, 6.07) is 0. The monoisotopic (exact) mass is 334 g/mol. The van der Waals surface area contributed by atoms with Gasteiger partial charge in [0, 0.05) is 13.2 Å². The zero-order chi connectivity index (χ0) is 17.1. The van der Waals surface area contributed by atoms with E-state index in [0.29, 0.717) is 0 Å². The molecule has 3 nitrogen and oxygen atoms in total. The smallest absolute Gasteiger partial charge is 0.105 e. The van der Waals surface area contributed by atoms with Crippen LogP contribution in [0.1, 0.15) is 79.1 Å². The molecule has 0 aromatic heterocycles. The van der Waals surface area contributed by atoms with Gasteiger partial charge in [-0.3, -0.25) is 0 Å². The Morgan fingerprint density at radius 1 is 0.682 bits per heavy atom. The number of hydrogen-bond donors (Lipinski definition) is 2. The lowest BCUT2D eigenvalue weighted by Gasteiger charge is -2.25.